The first kappa shape index (κ1) is 13.2. The summed E-state index contributed by atoms with van der Waals surface area (Å²) in [5, 5.41) is 10.2. The maximum atomic E-state index is 13.2. The summed E-state index contributed by atoms with van der Waals surface area (Å²) in [4.78, 5) is 0. The number of benzene rings is 1. The zero-order chi connectivity index (χ0) is 12.2. The number of rotatable bonds is 5. The van der Waals surface area contributed by atoms with Gasteiger partial charge in [0.05, 0.1) is 10.6 Å². The lowest BCUT2D eigenvalue weighted by Gasteiger charge is -2.23. The summed E-state index contributed by atoms with van der Waals surface area (Å²) < 4.78 is 13.2. The summed E-state index contributed by atoms with van der Waals surface area (Å²) in [5.74, 6) is -0.446. The highest BCUT2D eigenvalue weighted by atomic mass is 35.5. The lowest BCUT2D eigenvalue weighted by Crippen LogP contribution is -2.27. The predicted molar refractivity (Wildman–Crippen MR) is 65.2 cm³/mol. The van der Waals surface area contributed by atoms with Gasteiger partial charge in [-0.2, -0.15) is 0 Å². The Morgan fingerprint density at radius 2 is 2.25 bits per heavy atom. The Labute approximate surface area is 101 Å². The molecule has 0 fully saturated rings. The lowest BCUT2D eigenvalue weighted by molar-refractivity contribution is 0.0523. The minimum atomic E-state index is -0.883. The summed E-state index contributed by atoms with van der Waals surface area (Å²) in [6.45, 7) is 5.33. The van der Waals surface area contributed by atoms with Crippen LogP contribution in [0.15, 0.2) is 30.9 Å². The van der Waals surface area contributed by atoms with E-state index in [1.807, 2.05) is 0 Å². The van der Waals surface area contributed by atoms with E-state index in [-0.39, 0.29) is 5.02 Å². The lowest BCUT2D eigenvalue weighted by atomic mass is 9.92. The second-order valence-electron chi connectivity index (χ2n) is 4.21. The minimum absolute atomic E-state index is 0.0985. The molecular weight excluding hydrogens is 227 g/mol. The molecule has 0 saturated carbocycles. The molecular formula is C13H16ClFO. The monoisotopic (exact) mass is 242 g/mol. The van der Waals surface area contributed by atoms with E-state index in [1.165, 1.54) is 6.07 Å². The molecule has 0 aliphatic heterocycles. The second kappa shape index (κ2) is 5.46. The summed E-state index contributed by atoms with van der Waals surface area (Å²) in [6, 6.07) is 4.64. The third-order valence-corrected chi connectivity index (χ3v) is 2.91. The Morgan fingerprint density at radius 1 is 1.56 bits per heavy atom. The topological polar surface area (TPSA) is 20.2 Å². The number of halogens is 2. The highest BCUT2D eigenvalue weighted by molar-refractivity contribution is 6.31. The molecule has 0 amide bonds. The van der Waals surface area contributed by atoms with Gasteiger partial charge in [-0.25, -0.2) is 4.39 Å². The molecule has 1 atom stereocenters. The van der Waals surface area contributed by atoms with Gasteiger partial charge in [-0.05, 0) is 31.4 Å². The Kier molecular flexibility index (Phi) is 4.51. The zero-order valence-corrected chi connectivity index (χ0v) is 10.1. The Balaban J connectivity index is 2.79. The van der Waals surface area contributed by atoms with Crippen molar-refractivity contribution in [3.8, 4) is 0 Å². The van der Waals surface area contributed by atoms with Crippen molar-refractivity contribution in [1.29, 1.82) is 0 Å². The molecule has 0 heterocycles. The van der Waals surface area contributed by atoms with E-state index >= 15 is 0 Å². The summed E-state index contributed by atoms with van der Waals surface area (Å²) in [7, 11) is 0. The molecule has 0 saturated heterocycles. The number of hydrogen-bond donors (Lipinski definition) is 1. The van der Waals surface area contributed by atoms with Crippen LogP contribution < -0.4 is 0 Å². The van der Waals surface area contributed by atoms with Gasteiger partial charge in [0.2, 0.25) is 0 Å². The molecule has 1 nitrogen and oxygen atoms in total. The quantitative estimate of drug-likeness (QED) is 0.780. The fraction of sp³-hybridized carbons (Fsp3) is 0.385. The highest BCUT2D eigenvalue weighted by Crippen LogP contribution is 2.26. The summed E-state index contributed by atoms with van der Waals surface area (Å²) in [5.41, 5.74) is -0.248. The standard InChI is InChI=1S/C13H16ClFO/c1-3-4-8-13(2,16)9-10-6-5-7-11(15)12(10)14/h3,5-7,16H,1,4,8-9H2,2H3. The van der Waals surface area contributed by atoms with Crippen LogP contribution in [0, 0.1) is 5.82 Å². The van der Waals surface area contributed by atoms with E-state index in [9.17, 15) is 9.50 Å². The van der Waals surface area contributed by atoms with Crippen LogP contribution in [0.3, 0.4) is 0 Å². The van der Waals surface area contributed by atoms with Gasteiger partial charge in [-0.15, -0.1) is 6.58 Å². The van der Waals surface area contributed by atoms with Gasteiger partial charge in [0.15, 0.2) is 0 Å². The van der Waals surface area contributed by atoms with Crippen LogP contribution in [-0.2, 0) is 6.42 Å². The van der Waals surface area contributed by atoms with Crippen LogP contribution >= 0.6 is 11.6 Å². The maximum absolute atomic E-state index is 13.2. The van der Waals surface area contributed by atoms with Gasteiger partial charge in [-0.1, -0.05) is 29.8 Å². The van der Waals surface area contributed by atoms with Crippen molar-refractivity contribution in [2.24, 2.45) is 0 Å². The molecule has 0 radical (unpaired) electrons. The van der Waals surface area contributed by atoms with E-state index in [0.717, 1.165) is 6.42 Å². The third-order valence-electron chi connectivity index (χ3n) is 2.49. The molecule has 1 N–H and O–H groups in total. The average molecular weight is 243 g/mol. The van der Waals surface area contributed by atoms with Gasteiger partial charge in [0, 0.05) is 6.42 Å². The first-order valence-corrected chi connectivity index (χ1v) is 5.60. The molecule has 88 valence electrons. The van der Waals surface area contributed by atoms with Crippen molar-refractivity contribution in [2.45, 2.75) is 31.8 Å². The van der Waals surface area contributed by atoms with Crippen LogP contribution in [-0.4, -0.2) is 10.7 Å². The maximum Gasteiger partial charge on any atom is 0.142 e. The van der Waals surface area contributed by atoms with Gasteiger partial charge in [0.1, 0.15) is 5.82 Å². The first-order valence-electron chi connectivity index (χ1n) is 5.22. The van der Waals surface area contributed by atoms with Crippen LogP contribution in [0.1, 0.15) is 25.3 Å². The van der Waals surface area contributed by atoms with E-state index in [2.05, 4.69) is 6.58 Å². The molecule has 0 aliphatic carbocycles. The van der Waals surface area contributed by atoms with Crippen molar-refractivity contribution in [3.63, 3.8) is 0 Å². The number of aliphatic hydroxyl groups is 1. The van der Waals surface area contributed by atoms with Crippen LogP contribution in [0.2, 0.25) is 5.02 Å². The minimum Gasteiger partial charge on any atom is -0.390 e. The van der Waals surface area contributed by atoms with Crippen molar-refractivity contribution in [1.82, 2.24) is 0 Å². The second-order valence-corrected chi connectivity index (χ2v) is 4.59. The molecule has 1 aromatic carbocycles. The molecule has 16 heavy (non-hydrogen) atoms. The predicted octanol–water partition coefficient (Wildman–Crippen LogP) is 3.74. The molecule has 1 aromatic rings. The third kappa shape index (κ3) is 3.62. The van der Waals surface area contributed by atoms with Gasteiger partial charge >= 0.3 is 0 Å². The van der Waals surface area contributed by atoms with Crippen molar-refractivity contribution < 1.29 is 9.50 Å². The van der Waals surface area contributed by atoms with Gasteiger partial charge in [0.25, 0.3) is 0 Å². The SMILES string of the molecule is C=CCCC(C)(O)Cc1cccc(F)c1Cl. The average Bonchev–Trinajstić information content (AvgIpc) is 2.22. The molecule has 0 aromatic heterocycles. The molecule has 0 aliphatic rings. The molecule has 0 spiro atoms. The normalized spacial score (nSPS) is 14.5. The molecule has 1 unspecified atom stereocenters. The number of hydrogen-bond acceptors (Lipinski definition) is 1. The number of allylic oxidation sites excluding steroid dienone is 1. The van der Waals surface area contributed by atoms with E-state index in [1.54, 1.807) is 25.1 Å². The van der Waals surface area contributed by atoms with E-state index < -0.39 is 11.4 Å². The largest absolute Gasteiger partial charge is 0.390 e. The van der Waals surface area contributed by atoms with Gasteiger partial charge in [-0.3, -0.25) is 0 Å². The van der Waals surface area contributed by atoms with Crippen molar-refractivity contribution in [3.05, 3.63) is 47.3 Å². The summed E-state index contributed by atoms with van der Waals surface area (Å²) in [6.07, 6.45) is 3.41. The van der Waals surface area contributed by atoms with Crippen LogP contribution in [0.4, 0.5) is 4.39 Å². The molecule has 1 rings (SSSR count). The fourth-order valence-electron chi connectivity index (χ4n) is 1.60. The zero-order valence-electron chi connectivity index (χ0n) is 9.34. The molecule has 3 heteroatoms. The van der Waals surface area contributed by atoms with Gasteiger partial charge < -0.3 is 5.11 Å². The van der Waals surface area contributed by atoms with Crippen molar-refractivity contribution >= 4 is 11.6 Å². The van der Waals surface area contributed by atoms with Crippen molar-refractivity contribution in [2.75, 3.05) is 0 Å². The Hall–Kier alpha value is -0.860. The Morgan fingerprint density at radius 3 is 2.88 bits per heavy atom. The summed E-state index contributed by atoms with van der Waals surface area (Å²) >= 11 is 5.83. The highest BCUT2D eigenvalue weighted by Gasteiger charge is 2.21. The van der Waals surface area contributed by atoms with Crippen LogP contribution in [0.25, 0.3) is 0 Å². The molecule has 0 bridgehead atoms. The van der Waals surface area contributed by atoms with E-state index in [0.29, 0.717) is 18.4 Å². The fourth-order valence-corrected chi connectivity index (χ4v) is 1.79. The van der Waals surface area contributed by atoms with E-state index in [4.69, 9.17) is 11.6 Å². The first-order chi connectivity index (χ1) is 7.46. The smallest absolute Gasteiger partial charge is 0.142 e. The van der Waals surface area contributed by atoms with Crippen LogP contribution in [0.5, 0.6) is 0 Å². The Bertz CT molecular complexity index is 374.